The molecule has 1 aliphatic rings. The minimum absolute atomic E-state index is 0.190. The van der Waals surface area contributed by atoms with Gasteiger partial charge in [-0.25, -0.2) is 0 Å². The quantitative estimate of drug-likeness (QED) is 0.680. The monoisotopic (exact) mass is 227 g/mol. The summed E-state index contributed by atoms with van der Waals surface area (Å²) in [5.41, 5.74) is 5.40. The van der Waals surface area contributed by atoms with Gasteiger partial charge in [0.1, 0.15) is 0 Å². The van der Waals surface area contributed by atoms with Gasteiger partial charge in [-0.05, 0) is 46.2 Å². The van der Waals surface area contributed by atoms with E-state index in [0.717, 1.165) is 32.2 Å². The molecular formula is C12H25N3O. The van der Waals surface area contributed by atoms with Crippen LogP contribution >= 0.6 is 0 Å². The van der Waals surface area contributed by atoms with E-state index in [-0.39, 0.29) is 5.91 Å². The molecule has 1 rings (SSSR count). The zero-order valence-electron chi connectivity index (χ0n) is 10.5. The van der Waals surface area contributed by atoms with E-state index >= 15 is 0 Å². The van der Waals surface area contributed by atoms with Crippen LogP contribution in [0.1, 0.15) is 39.0 Å². The fourth-order valence-electron chi connectivity index (χ4n) is 2.15. The molecule has 0 spiro atoms. The van der Waals surface area contributed by atoms with Gasteiger partial charge in [0.25, 0.3) is 0 Å². The Kier molecular flexibility index (Phi) is 5.77. The molecule has 4 nitrogen and oxygen atoms in total. The zero-order valence-corrected chi connectivity index (χ0v) is 10.5. The largest absolute Gasteiger partial charge is 0.353 e. The van der Waals surface area contributed by atoms with Crippen molar-refractivity contribution < 1.29 is 4.79 Å². The summed E-state index contributed by atoms with van der Waals surface area (Å²) in [6.07, 6.45) is 4.61. The number of nitrogens with zero attached hydrogens (tertiary/aromatic N) is 1. The van der Waals surface area contributed by atoms with Crippen LogP contribution in [0.2, 0.25) is 0 Å². The van der Waals surface area contributed by atoms with Crippen LogP contribution < -0.4 is 11.1 Å². The SMILES string of the molecule is CC1CC(NC(=O)CCCCN)CCN1C. The summed E-state index contributed by atoms with van der Waals surface area (Å²) in [5, 5.41) is 3.12. The van der Waals surface area contributed by atoms with Gasteiger partial charge in [0.15, 0.2) is 0 Å². The third-order valence-corrected chi connectivity index (χ3v) is 3.43. The topological polar surface area (TPSA) is 58.4 Å². The average Bonchev–Trinajstić information content (AvgIpc) is 2.24. The Morgan fingerprint density at radius 2 is 2.25 bits per heavy atom. The number of carbonyl (C=O) groups is 1. The van der Waals surface area contributed by atoms with Crippen LogP contribution in [-0.4, -0.2) is 43.0 Å². The summed E-state index contributed by atoms with van der Waals surface area (Å²) in [4.78, 5) is 14.0. The Balaban J connectivity index is 2.19. The zero-order chi connectivity index (χ0) is 12.0. The Morgan fingerprint density at radius 3 is 2.88 bits per heavy atom. The third-order valence-electron chi connectivity index (χ3n) is 3.43. The van der Waals surface area contributed by atoms with Crippen LogP contribution in [0, 0.1) is 0 Å². The fourth-order valence-corrected chi connectivity index (χ4v) is 2.15. The minimum atomic E-state index is 0.190. The molecule has 1 heterocycles. The summed E-state index contributed by atoms with van der Waals surface area (Å²) < 4.78 is 0. The first-order chi connectivity index (χ1) is 7.63. The third kappa shape index (κ3) is 4.49. The second kappa shape index (κ2) is 6.86. The number of unbranched alkanes of at least 4 members (excludes halogenated alkanes) is 1. The maximum Gasteiger partial charge on any atom is 0.220 e. The van der Waals surface area contributed by atoms with Crippen molar-refractivity contribution in [2.75, 3.05) is 20.1 Å². The van der Waals surface area contributed by atoms with Crippen molar-refractivity contribution in [3.8, 4) is 0 Å². The summed E-state index contributed by atoms with van der Waals surface area (Å²) in [6.45, 7) is 3.97. The second-order valence-corrected chi connectivity index (χ2v) is 4.86. The number of hydrogen-bond donors (Lipinski definition) is 2. The van der Waals surface area contributed by atoms with Crippen LogP contribution in [0.15, 0.2) is 0 Å². The van der Waals surface area contributed by atoms with E-state index in [2.05, 4.69) is 24.2 Å². The van der Waals surface area contributed by atoms with Crippen LogP contribution in [0.4, 0.5) is 0 Å². The van der Waals surface area contributed by atoms with E-state index in [1.54, 1.807) is 0 Å². The molecule has 0 aromatic rings. The highest BCUT2D eigenvalue weighted by atomic mass is 16.1. The van der Waals surface area contributed by atoms with E-state index < -0.39 is 0 Å². The highest BCUT2D eigenvalue weighted by Crippen LogP contribution is 2.15. The van der Waals surface area contributed by atoms with Gasteiger partial charge < -0.3 is 16.0 Å². The summed E-state index contributed by atoms with van der Waals surface area (Å²) >= 11 is 0. The first-order valence-electron chi connectivity index (χ1n) is 6.33. The molecule has 0 aliphatic carbocycles. The molecule has 94 valence electrons. The molecule has 0 radical (unpaired) electrons. The summed E-state index contributed by atoms with van der Waals surface area (Å²) in [6, 6.07) is 0.944. The molecule has 16 heavy (non-hydrogen) atoms. The number of amides is 1. The van der Waals surface area contributed by atoms with E-state index in [0.29, 0.717) is 25.0 Å². The van der Waals surface area contributed by atoms with Gasteiger partial charge in [-0.1, -0.05) is 0 Å². The fraction of sp³-hybridized carbons (Fsp3) is 0.917. The standard InChI is InChI=1S/C12H25N3O/c1-10-9-11(6-8-15(10)2)14-12(16)5-3-4-7-13/h10-11H,3-9,13H2,1-2H3,(H,14,16). The van der Waals surface area contributed by atoms with Gasteiger partial charge in [0.2, 0.25) is 5.91 Å². The lowest BCUT2D eigenvalue weighted by Crippen LogP contribution is -2.47. The molecule has 4 heteroatoms. The highest BCUT2D eigenvalue weighted by molar-refractivity contribution is 5.76. The molecule has 0 saturated carbocycles. The van der Waals surface area contributed by atoms with Crippen molar-refractivity contribution >= 4 is 5.91 Å². The highest BCUT2D eigenvalue weighted by Gasteiger charge is 2.23. The van der Waals surface area contributed by atoms with Gasteiger partial charge in [0.05, 0.1) is 0 Å². The van der Waals surface area contributed by atoms with Crippen LogP contribution in [0.5, 0.6) is 0 Å². The molecule has 1 amide bonds. The maximum absolute atomic E-state index is 11.6. The molecule has 3 N–H and O–H groups in total. The molecule has 1 fully saturated rings. The van der Waals surface area contributed by atoms with Crippen LogP contribution in [0.25, 0.3) is 0 Å². The van der Waals surface area contributed by atoms with Crippen molar-refractivity contribution in [1.82, 2.24) is 10.2 Å². The number of rotatable bonds is 5. The lowest BCUT2D eigenvalue weighted by Gasteiger charge is -2.35. The molecule has 0 aromatic heterocycles. The first kappa shape index (κ1) is 13.5. The van der Waals surface area contributed by atoms with Crippen molar-refractivity contribution in [1.29, 1.82) is 0 Å². The van der Waals surface area contributed by atoms with Gasteiger partial charge in [-0.15, -0.1) is 0 Å². The van der Waals surface area contributed by atoms with Gasteiger partial charge in [-0.2, -0.15) is 0 Å². The van der Waals surface area contributed by atoms with Crippen molar-refractivity contribution in [2.24, 2.45) is 5.73 Å². The van der Waals surface area contributed by atoms with Crippen molar-refractivity contribution in [3.05, 3.63) is 0 Å². The van der Waals surface area contributed by atoms with E-state index in [1.807, 2.05) is 0 Å². The molecule has 1 aliphatic heterocycles. The predicted octanol–water partition coefficient (Wildman–Crippen LogP) is 0.714. The lowest BCUT2D eigenvalue weighted by atomic mass is 9.99. The van der Waals surface area contributed by atoms with E-state index in [4.69, 9.17) is 5.73 Å². The van der Waals surface area contributed by atoms with Crippen molar-refractivity contribution in [3.63, 3.8) is 0 Å². The smallest absolute Gasteiger partial charge is 0.220 e. The molecule has 1 saturated heterocycles. The molecule has 0 aromatic carbocycles. The number of piperidine rings is 1. The van der Waals surface area contributed by atoms with Gasteiger partial charge in [-0.3, -0.25) is 4.79 Å². The molecule has 2 atom stereocenters. The first-order valence-corrected chi connectivity index (χ1v) is 6.33. The Morgan fingerprint density at radius 1 is 1.50 bits per heavy atom. The maximum atomic E-state index is 11.6. The van der Waals surface area contributed by atoms with Crippen molar-refractivity contribution in [2.45, 2.75) is 51.1 Å². The number of hydrogen-bond acceptors (Lipinski definition) is 3. The Hall–Kier alpha value is -0.610. The Labute approximate surface area is 98.6 Å². The van der Waals surface area contributed by atoms with E-state index in [9.17, 15) is 4.79 Å². The predicted molar refractivity (Wildman–Crippen MR) is 66.2 cm³/mol. The van der Waals surface area contributed by atoms with E-state index in [1.165, 1.54) is 0 Å². The minimum Gasteiger partial charge on any atom is -0.353 e. The number of nitrogens with one attached hydrogen (secondary N) is 1. The summed E-state index contributed by atoms with van der Waals surface area (Å²) in [5.74, 6) is 0.190. The van der Waals surface area contributed by atoms with Crippen LogP contribution in [0.3, 0.4) is 0 Å². The molecule has 0 bridgehead atoms. The van der Waals surface area contributed by atoms with Gasteiger partial charge >= 0.3 is 0 Å². The lowest BCUT2D eigenvalue weighted by molar-refractivity contribution is -0.122. The normalized spacial score (nSPS) is 26.7. The molecule has 2 unspecified atom stereocenters. The summed E-state index contributed by atoms with van der Waals surface area (Å²) in [7, 11) is 2.14. The Bertz CT molecular complexity index is 220. The van der Waals surface area contributed by atoms with Gasteiger partial charge in [0, 0.05) is 25.0 Å². The average molecular weight is 227 g/mol. The number of carbonyl (C=O) groups excluding carboxylic acids is 1. The van der Waals surface area contributed by atoms with Crippen LogP contribution in [-0.2, 0) is 4.79 Å². The molecular weight excluding hydrogens is 202 g/mol. The number of nitrogens with two attached hydrogens (primary N) is 1. The second-order valence-electron chi connectivity index (χ2n) is 4.86. The number of likely N-dealkylation sites (tertiary alicyclic amines) is 1.